The third-order valence-electron chi connectivity index (χ3n) is 19.4. The molecule has 12 atom stereocenters. The molecule has 0 bridgehead atoms. The maximum absolute atomic E-state index is 15.3. The highest BCUT2D eigenvalue weighted by Gasteiger charge is 2.55. The maximum atomic E-state index is 15.3. The Morgan fingerprint density at radius 2 is 1.01 bits per heavy atom. The summed E-state index contributed by atoms with van der Waals surface area (Å²) in [5, 5.41) is 6.10. The molecule has 19 heteroatoms. The molecule has 576 valence electrons. The number of nitrogens with one attached hydrogen (secondary N) is 2. The Labute approximate surface area is 621 Å². The Hall–Kier alpha value is -6.68. The lowest BCUT2D eigenvalue weighted by Crippen LogP contribution is -2.69. The number of carbonyl (C=O) groups excluding carboxylic acids is 4. The van der Waals surface area contributed by atoms with E-state index in [1.165, 1.54) is 141 Å². The van der Waals surface area contributed by atoms with Crippen LogP contribution in [0.5, 0.6) is 5.75 Å². The number of rotatable bonds is 54. The van der Waals surface area contributed by atoms with E-state index in [0.717, 1.165) is 61.6 Å². The minimum atomic E-state index is -1.40. The fourth-order valence-corrected chi connectivity index (χ4v) is 13.7. The first-order chi connectivity index (χ1) is 51.1. The molecule has 3 aliphatic rings. The number of benzene rings is 4. The molecule has 4 aromatic carbocycles. The summed E-state index contributed by atoms with van der Waals surface area (Å²) in [5.74, 6) is -0.0731. The lowest BCUT2D eigenvalue weighted by molar-refractivity contribution is -0.355. The summed E-state index contributed by atoms with van der Waals surface area (Å²) >= 11 is 0. The number of hydrogen-bond acceptors (Lipinski definition) is 17. The molecule has 3 fully saturated rings. The van der Waals surface area contributed by atoms with E-state index in [2.05, 4.69) is 37.6 Å². The van der Waals surface area contributed by atoms with E-state index in [1.807, 2.05) is 115 Å². The molecule has 4 aromatic rings. The van der Waals surface area contributed by atoms with Crippen molar-refractivity contribution in [2.24, 2.45) is 0 Å². The van der Waals surface area contributed by atoms with E-state index in [0.29, 0.717) is 24.2 Å². The van der Waals surface area contributed by atoms with Crippen LogP contribution in [0.15, 0.2) is 141 Å². The molecule has 0 unspecified atom stereocenters. The summed E-state index contributed by atoms with van der Waals surface area (Å²) in [4.78, 5) is 57.0. The summed E-state index contributed by atoms with van der Waals surface area (Å²) in [7, 11) is 1.61. The molecule has 7 rings (SSSR count). The Bertz CT molecular complexity index is 2940. The van der Waals surface area contributed by atoms with Crippen molar-refractivity contribution in [2.75, 3.05) is 33.5 Å². The number of fused-ring (bicyclic) bond motifs is 1. The molecule has 104 heavy (non-hydrogen) atoms. The number of ether oxygens (including phenoxy) is 13. The number of carbonyl (C=O) groups is 4. The molecule has 19 nitrogen and oxygen atoms in total. The smallest absolute Gasteiger partial charge is 0.497 e. The molecular weight excluding hydrogens is 1320 g/mol. The number of unbranched alkanes of at least 4 members (excludes halogenated alkanes) is 26. The van der Waals surface area contributed by atoms with Gasteiger partial charge in [0.15, 0.2) is 25.0 Å². The van der Waals surface area contributed by atoms with Crippen LogP contribution in [0.2, 0.25) is 0 Å². The van der Waals surface area contributed by atoms with Crippen molar-refractivity contribution in [1.29, 1.82) is 0 Å². The predicted molar refractivity (Wildman–Crippen MR) is 402 cm³/mol. The van der Waals surface area contributed by atoms with Crippen molar-refractivity contribution in [3.05, 3.63) is 163 Å². The van der Waals surface area contributed by atoms with Crippen LogP contribution < -0.4 is 15.4 Å². The molecule has 3 heterocycles. The van der Waals surface area contributed by atoms with Crippen LogP contribution in [0.25, 0.3) is 0 Å². The first-order valence-corrected chi connectivity index (χ1v) is 39.4. The number of alkyl carbamates (subject to hydrolysis) is 1. The third kappa shape index (κ3) is 32.2. The number of methoxy groups -OCH3 is 1. The lowest BCUT2D eigenvalue weighted by Gasteiger charge is -2.50. The van der Waals surface area contributed by atoms with Gasteiger partial charge in [0.25, 0.3) is 0 Å². The molecule has 3 aliphatic heterocycles. The van der Waals surface area contributed by atoms with Gasteiger partial charge in [-0.25, -0.2) is 9.59 Å². The quantitative estimate of drug-likeness (QED) is 0.0182. The van der Waals surface area contributed by atoms with Crippen LogP contribution in [-0.4, -0.2) is 125 Å². The highest BCUT2D eigenvalue weighted by atomic mass is 16.8. The van der Waals surface area contributed by atoms with Gasteiger partial charge in [0.05, 0.1) is 46.6 Å². The van der Waals surface area contributed by atoms with Gasteiger partial charge < -0.3 is 72.2 Å². The van der Waals surface area contributed by atoms with Crippen molar-refractivity contribution in [1.82, 2.24) is 10.6 Å². The van der Waals surface area contributed by atoms with Crippen LogP contribution in [0, 0.1) is 0 Å². The van der Waals surface area contributed by atoms with Gasteiger partial charge in [-0.2, -0.15) is 0 Å². The van der Waals surface area contributed by atoms with Gasteiger partial charge >= 0.3 is 18.2 Å². The summed E-state index contributed by atoms with van der Waals surface area (Å²) in [6.07, 6.45) is 24.6. The highest BCUT2D eigenvalue weighted by molar-refractivity contribution is 5.78. The first-order valence-electron chi connectivity index (χ1n) is 39.4. The summed E-state index contributed by atoms with van der Waals surface area (Å²) < 4.78 is 83.5. The van der Waals surface area contributed by atoms with Gasteiger partial charge in [0.1, 0.15) is 67.7 Å². The second-order valence-electron chi connectivity index (χ2n) is 27.9. The van der Waals surface area contributed by atoms with Gasteiger partial charge in [-0.1, -0.05) is 303 Å². The van der Waals surface area contributed by atoms with Crippen LogP contribution >= 0.6 is 0 Å². The fraction of sp³-hybridized carbons (Fsp3) is 0.624. The van der Waals surface area contributed by atoms with Crippen molar-refractivity contribution in [3.63, 3.8) is 0 Å². The first kappa shape index (κ1) is 84.6. The predicted octanol–water partition coefficient (Wildman–Crippen LogP) is 18.5. The van der Waals surface area contributed by atoms with Crippen molar-refractivity contribution < 1.29 is 80.8 Å². The van der Waals surface area contributed by atoms with E-state index in [9.17, 15) is 14.4 Å². The molecule has 0 aromatic heterocycles. The van der Waals surface area contributed by atoms with E-state index < -0.39 is 91.8 Å². The normalized spacial score (nSPS) is 21.7. The largest absolute Gasteiger partial charge is 0.509 e. The zero-order valence-electron chi connectivity index (χ0n) is 62.8. The SMILES string of the molecule is C=CCOC(=O)N[C@H]1[C@@H](OCC=C)O[C@H](CO[C@@H]2O[C@@H]3CO[C@@H](c4ccccc4)O[C@H]3[C@H](OCc3ccc(OC)cc3)[C@H]2NC(=O)C[C@@H](CCCCCCCCCCCCCCC)OC(=O)CCCCCCCCCCCCCCCCC)[C@@H](OCc2ccccc2)[C@@H]1OC(=O)OCc1ccccc1. The van der Waals surface area contributed by atoms with E-state index in [-0.39, 0.29) is 65.1 Å². The molecule has 3 saturated heterocycles. The highest BCUT2D eigenvalue weighted by Crippen LogP contribution is 2.38. The summed E-state index contributed by atoms with van der Waals surface area (Å²) in [5.41, 5.74) is 3.06. The molecule has 0 radical (unpaired) electrons. The number of hydrogen-bond donors (Lipinski definition) is 2. The van der Waals surface area contributed by atoms with Crippen LogP contribution in [0.4, 0.5) is 9.59 Å². The Morgan fingerprint density at radius 1 is 0.510 bits per heavy atom. The molecule has 2 amide bonds. The number of amides is 2. The van der Waals surface area contributed by atoms with Gasteiger partial charge in [-0.3, -0.25) is 9.59 Å². The van der Waals surface area contributed by atoms with Gasteiger partial charge in [0.2, 0.25) is 5.91 Å². The fourth-order valence-electron chi connectivity index (χ4n) is 13.7. The number of esters is 1. The van der Waals surface area contributed by atoms with Crippen molar-refractivity contribution in [2.45, 2.75) is 306 Å². The zero-order valence-corrected chi connectivity index (χ0v) is 62.8. The molecular formula is C85H124N2O17. The molecule has 2 N–H and O–H groups in total. The summed E-state index contributed by atoms with van der Waals surface area (Å²) in [6.45, 7) is 11.5. The lowest BCUT2D eigenvalue weighted by atomic mass is 9.94. The van der Waals surface area contributed by atoms with E-state index in [1.54, 1.807) is 7.11 Å². The second-order valence-corrected chi connectivity index (χ2v) is 27.9. The standard InChI is InChI=1S/C85H124N2O17/c1-6-10-12-14-16-18-20-22-23-25-27-29-31-33-44-52-74(89)100-70(51-43-32-30-28-26-24-21-19-17-15-13-11-7-2)59-73(88)86-75-79(96-61-67-53-55-69(92-5)56-54-67)78-72(64-97-81(103-78)68-49-41-36-42-50-68)102-83(75)98-63-71-77(95-60-65-45-37-34-38-46-65)80(104-85(91)99-62-66-47-39-35-40-48-66)76(82(101-71)93-57-8-3)87-84(90)94-58-9-4/h8-9,34-42,45-50,53-56,70-72,75-83H,3-4,6-7,10-33,43-44,51-52,57-64H2,1-2,5H3,(H,86,88)(H,87,90)/t70-,71-,72-,75-,76-,77-,78-,79-,80-,81-,82+,83-/m1/s1. The Balaban J connectivity index is 1.15. The molecule has 0 aliphatic carbocycles. The zero-order chi connectivity index (χ0) is 73.5. The van der Waals surface area contributed by atoms with E-state index in [4.69, 9.17) is 61.6 Å². The Kier molecular flexibility index (Phi) is 41.9. The minimum absolute atomic E-state index is 0.0124. The minimum Gasteiger partial charge on any atom is -0.497 e. The topological polar surface area (TPSA) is 212 Å². The Morgan fingerprint density at radius 3 is 1.57 bits per heavy atom. The summed E-state index contributed by atoms with van der Waals surface area (Å²) in [6, 6.07) is 33.2. The van der Waals surface area contributed by atoms with Crippen molar-refractivity contribution >= 4 is 24.1 Å². The average Bonchev–Trinajstić information content (AvgIpc) is 0.774. The van der Waals surface area contributed by atoms with Gasteiger partial charge in [0, 0.05) is 12.0 Å². The van der Waals surface area contributed by atoms with E-state index >= 15 is 4.79 Å². The van der Waals surface area contributed by atoms with Crippen LogP contribution in [0.3, 0.4) is 0 Å². The third-order valence-corrected chi connectivity index (χ3v) is 19.4. The van der Waals surface area contributed by atoms with Gasteiger partial charge in [-0.05, 0) is 48.1 Å². The molecule has 0 spiro atoms. The maximum Gasteiger partial charge on any atom is 0.509 e. The van der Waals surface area contributed by atoms with Gasteiger partial charge in [-0.15, -0.1) is 6.58 Å². The second kappa shape index (κ2) is 51.5. The van der Waals surface area contributed by atoms with Crippen LogP contribution in [0.1, 0.15) is 241 Å². The molecule has 0 saturated carbocycles. The average molecular weight is 1450 g/mol. The van der Waals surface area contributed by atoms with Crippen LogP contribution in [-0.2, 0) is 86.3 Å². The van der Waals surface area contributed by atoms with Crippen molar-refractivity contribution in [3.8, 4) is 5.75 Å². The monoisotopic (exact) mass is 1440 g/mol.